The lowest BCUT2D eigenvalue weighted by Crippen LogP contribution is -2.43. The van der Waals surface area contributed by atoms with E-state index in [4.69, 9.17) is 0 Å². The molecule has 0 N–H and O–H groups in total. The van der Waals surface area contributed by atoms with Crippen LogP contribution in [0.2, 0.25) is 0 Å². The van der Waals surface area contributed by atoms with Crippen LogP contribution in [0.5, 0.6) is 0 Å². The molecular formula is C23H27FN2OS. The molecule has 0 saturated carbocycles. The Morgan fingerprint density at radius 1 is 1.04 bits per heavy atom. The summed E-state index contributed by atoms with van der Waals surface area (Å²) in [5.74, 6) is 0.480. The highest BCUT2D eigenvalue weighted by atomic mass is 32.2. The molecule has 0 atom stereocenters. The van der Waals surface area contributed by atoms with E-state index in [1.54, 1.807) is 17.8 Å². The molecule has 1 amide bonds. The van der Waals surface area contributed by atoms with Gasteiger partial charge in [-0.2, -0.15) is 0 Å². The quantitative estimate of drug-likeness (QED) is 0.476. The lowest BCUT2D eigenvalue weighted by atomic mass is 10.2. The van der Waals surface area contributed by atoms with Gasteiger partial charge in [0.2, 0.25) is 5.91 Å². The summed E-state index contributed by atoms with van der Waals surface area (Å²) in [5.41, 5.74) is 1.71. The molecule has 0 aliphatic heterocycles. The van der Waals surface area contributed by atoms with Crippen LogP contribution in [0.4, 0.5) is 4.39 Å². The number of amides is 1. The number of rotatable bonds is 7. The summed E-state index contributed by atoms with van der Waals surface area (Å²) in [4.78, 5) is 15.9. The van der Waals surface area contributed by atoms with E-state index in [1.807, 2.05) is 73.7 Å². The van der Waals surface area contributed by atoms with Gasteiger partial charge >= 0.3 is 0 Å². The van der Waals surface area contributed by atoms with Crippen molar-refractivity contribution in [3.05, 3.63) is 66.1 Å². The van der Waals surface area contributed by atoms with Crippen molar-refractivity contribution >= 4 is 28.6 Å². The van der Waals surface area contributed by atoms with Gasteiger partial charge in [-0.05, 0) is 45.4 Å². The molecule has 3 nitrogen and oxygen atoms in total. The summed E-state index contributed by atoms with van der Waals surface area (Å²) >= 11 is 1.60. The molecule has 148 valence electrons. The number of halogens is 1. The van der Waals surface area contributed by atoms with Crippen LogP contribution in [0.1, 0.15) is 33.3 Å². The normalized spacial score (nSPS) is 11.5. The minimum atomic E-state index is -0.182. The summed E-state index contributed by atoms with van der Waals surface area (Å²) in [6.07, 6.45) is 2.02. The molecule has 3 aromatic rings. The fourth-order valence-electron chi connectivity index (χ4n) is 3.63. The Kier molecular flexibility index (Phi) is 6.45. The number of carbonyl (C=O) groups excluding carboxylic acids is 1. The number of benzene rings is 2. The third kappa shape index (κ3) is 4.41. The number of para-hydroxylation sites is 1. The van der Waals surface area contributed by atoms with Gasteiger partial charge in [-0.1, -0.05) is 36.4 Å². The molecule has 0 saturated heterocycles. The van der Waals surface area contributed by atoms with Crippen LogP contribution < -0.4 is 0 Å². The maximum atomic E-state index is 14.0. The van der Waals surface area contributed by atoms with Gasteiger partial charge in [0.1, 0.15) is 12.4 Å². The maximum absolute atomic E-state index is 14.0. The Hall–Kier alpha value is -2.27. The first-order valence-corrected chi connectivity index (χ1v) is 10.6. The second-order valence-electron chi connectivity index (χ2n) is 7.51. The Bertz CT molecular complexity index is 956. The Labute approximate surface area is 170 Å². The van der Waals surface area contributed by atoms with Crippen LogP contribution in [0.25, 0.3) is 10.9 Å². The number of nitrogens with zero attached hydrogens (tertiary/aromatic N) is 2. The van der Waals surface area contributed by atoms with Crippen LogP contribution in [0.15, 0.2) is 59.6 Å². The van der Waals surface area contributed by atoms with Gasteiger partial charge < -0.3 is 9.47 Å². The molecule has 0 spiro atoms. The van der Waals surface area contributed by atoms with E-state index in [9.17, 15) is 9.18 Å². The SMILES string of the molecule is CC(C)N(C(=O)Cn1cc(SCc2ccccc2F)c2ccccc21)C(C)C. The molecule has 0 fully saturated rings. The zero-order chi connectivity index (χ0) is 20.3. The topological polar surface area (TPSA) is 25.2 Å². The molecule has 3 rings (SSSR count). The zero-order valence-electron chi connectivity index (χ0n) is 16.9. The van der Waals surface area contributed by atoms with Crippen LogP contribution in [-0.4, -0.2) is 27.5 Å². The first-order valence-electron chi connectivity index (χ1n) is 9.63. The number of hydrogen-bond acceptors (Lipinski definition) is 2. The molecule has 1 aromatic heterocycles. The predicted molar refractivity (Wildman–Crippen MR) is 115 cm³/mol. The van der Waals surface area contributed by atoms with Gasteiger partial charge in [0.05, 0.1) is 0 Å². The third-order valence-electron chi connectivity index (χ3n) is 4.80. The molecule has 5 heteroatoms. The minimum Gasteiger partial charge on any atom is -0.337 e. The molecule has 0 aliphatic rings. The Morgan fingerprint density at radius 2 is 1.68 bits per heavy atom. The van der Waals surface area contributed by atoms with E-state index < -0.39 is 0 Å². The summed E-state index contributed by atoms with van der Waals surface area (Å²) < 4.78 is 16.0. The number of aromatic nitrogens is 1. The lowest BCUT2D eigenvalue weighted by molar-refractivity contribution is -0.135. The summed E-state index contributed by atoms with van der Waals surface area (Å²) in [6, 6.07) is 15.2. The van der Waals surface area contributed by atoms with Gasteiger partial charge in [-0.15, -0.1) is 11.8 Å². The molecule has 1 heterocycles. The Balaban J connectivity index is 1.86. The smallest absolute Gasteiger partial charge is 0.242 e. The van der Waals surface area contributed by atoms with Gasteiger partial charge in [0.15, 0.2) is 0 Å². The molecule has 2 aromatic carbocycles. The van der Waals surface area contributed by atoms with Crippen LogP contribution in [0, 0.1) is 5.82 Å². The van der Waals surface area contributed by atoms with E-state index in [0.29, 0.717) is 17.9 Å². The largest absolute Gasteiger partial charge is 0.337 e. The summed E-state index contributed by atoms with van der Waals surface area (Å²) in [5, 5.41) is 1.09. The summed E-state index contributed by atoms with van der Waals surface area (Å²) in [6.45, 7) is 8.47. The van der Waals surface area contributed by atoms with Gasteiger partial charge in [-0.3, -0.25) is 4.79 Å². The third-order valence-corrected chi connectivity index (χ3v) is 5.89. The molecule has 0 aliphatic carbocycles. The fourth-order valence-corrected chi connectivity index (χ4v) is 4.70. The number of hydrogen-bond donors (Lipinski definition) is 0. The summed E-state index contributed by atoms with van der Waals surface area (Å²) in [7, 11) is 0. The minimum absolute atomic E-state index is 0.108. The number of thioether (sulfide) groups is 1. The van der Waals surface area contributed by atoms with Crippen molar-refractivity contribution < 1.29 is 9.18 Å². The predicted octanol–water partition coefficient (Wildman–Crippen LogP) is 5.72. The highest BCUT2D eigenvalue weighted by Gasteiger charge is 2.21. The van der Waals surface area contributed by atoms with Gasteiger partial charge in [0.25, 0.3) is 0 Å². The van der Waals surface area contributed by atoms with Crippen molar-refractivity contribution in [1.29, 1.82) is 0 Å². The average molecular weight is 399 g/mol. The van der Waals surface area contributed by atoms with Crippen molar-refractivity contribution in [3.63, 3.8) is 0 Å². The Morgan fingerprint density at radius 3 is 2.36 bits per heavy atom. The van der Waals surface area contributed by atoms with Crippen molar-refractivity contribution in [2.45, 2.75) is 57.0 Å². The second-order valence-corrected chi connectivity index (χ2v) is 8.52. The number of fused-ring (bicyclic) bond motifs is 1. The zero-order valence-corrected chi connectivity index (χ0v) is 17.7. The van der Waals surface area contributed by atoms with Crippen molar-refractivity contribution in [2.75, 3.05) is 0 Å². The lowest BCUT2D eigenvalue weighted by Gasteiger charge is -2.31. The monoisotopic (exact) mass is 398 g/mol. The molecular weight excluding hydrogens is 371 g/mol. The van der Waals surface area contributed by atoms with Gasteiger partial charge in [-0.25, -0.2) is 4.39 Å². The molecule has 0 radical (unpaired) electrons. The maximum Gasteiger partial charge on any atom is 0.242 e. The standard InChI is InChI=1S/C23H27FN2OS/c1-16(2)26(17(3)4)23(27)14-25-13-22(19-10-6-8-12-21(19)25)28-15-18-9-5-7-11-20(18)24/h5-13,16-17H,14-15H2,1-4H3. The van der Waals surface area contributed by atoms with Crippen molar-refractivity contribution in [2.24, 2.45) is 0 Å². The first kappa shape index (κ1) is 20.5. The van der Waals surface area contributed by atoms with Gasteiger partial charge in [0, 0.05) is 39.8 Å². The molecule has 28 heavy (non-hydrogen) atoms. The van der Waals surface area contributed by atoms with Crippen LogP contribution in [0.3, 0.4) is 0 Å². The second kappa shape index (κ2) is 8.82. The molecule has 0 unspecified atom stereocenters. The van der Waals surface area contributed by atoms with E-state index in [0.717, 1.165) is 15.8 Å². The molecule has 0 bridgehead atoms. The van der Waals surface area contributed by atoms with Crippen LogP contribution >= 0.6 is 11.8 Å². The highest BCUT2D eigenvalue weighted by Crippen LogP contribution is 2.32. The van der Waals surface area contributed by atoms with E-state index >= 15 is 0 Å². The van der Waals surface area contributed by atoms with Crippen LogP contribution in [-0.2, 0) is 17.1 Å². The van der Waals surface area contributed by atoms with Crippen molar-refractivity contribution in [3.8, 4) is 0 Å². The van der Waals surface area contributed by atoms with E-state index in [2.05, 4.69) is 6.07 Å². The van der Waals surface area contributed by atoms with E-state index in [1.165, 1.54) is 6.07 Å². The first-order chi connectivity index (χ1) is 13.4. The van der Waals surface area contributed by atoms with Crippen molar-refractivity contribution in [1.82, 2.24) is 9.47 Å². The average Bonchev–Trinajstić information content (AvgIpc) is 2.98. The fraction of sp³-hybridized carbons (Fsp3) is 0.348. The van der Waals surface area contributed by atoms with E-state index in [-0.39, 0.29) is 23.8 Å². The highest BCUT2D eigenvalue weighted by molar-refractivity contribution is 7.98. The number of carbonyl (C=O) groups is 1.